The van der Waals surface area contributed by atoms with Crippen molar-refractivity contribution in [3.63, 3.8) is 0 Å². The molecule has 2 unspecified atom stereocenters. The number of sulfonamides is 1. The molecule has 4 rings (SSSR count). The third-order valence-corrected chi connectivity index (χ3v) is 7.91. The van der Waals surface area contributed by atoms with E-state index in [0.717, 1.165) is 23.3 Å². The van der Waals surface area contributed by atoms with Crippen LogP contribution in [0.4, 0.5) is 14.6 Å². The van der Waals surface area contributed by atoms with Crippen molar-refractivity contribution in [2.45, 2.75) is 30.7 Å². The highest BCUT2D eigenvalue weighted by Crippen LogP contribution is 2.36. The van der Waals surface area contributed by atoms with E-state index in [4.69, 9.17) is 16.3 Å². The van der Waals surface area contributed by atoms with Gasteiger partial charge in [0.1, 0.15) is 22.3 Å². The summed E-state index contributed by atoms with van der Waals surface area (Å²) in [6, 6.07) is 7.60. The van der Waals surface area contributed by atoms with Crippen LogP contribution >= 0.6 is 22.9 Å². The summed E-state index contributed by atoms with van der Waals surface area (Å²) < 4.78 is 61.6. The monoisotopic (exact) mass is 553 g/mol. The van der Waals surface area contributed by atoms with E-state index in [1.807, 2.05) is 6.08 Å². The fraction of sp³-hybridized carbons (Fsp3) is 0.250. The fourth-order valence-electron chi connectivity index (χ4n) is 4.06. The molecule has 2 aromatic carbocycles. The van der Waals surface area contributed by atoms with Gasteiger partial charge in [0.25, 0.3) is 10.0 Å². The molecule has 36 heavy (non-hydrogen) atoms. The average molecular weight is 554 g/mol. The molecule has 0 bridgehead atoms. The third kappa shape index (κ3) is 6.03. The van der Waals surface area contributed by atoms with Crippen molar-refractivity contribution in [1.82, 2.24) is 10.3 Å². The number of allylic oxidation sites excluding steroid dienone is 1. The van der Waals surface area contributed by atoms with Crippen molar-refractivity contribution < 1.29 is 26.7 Å². The predicted octanol–water partition coefficient (Wildman–Crippen LogP) is 5.25. The van der Waals surface area contributed by atoms with Crippen molar-refractivity contribution in [2.24, 2.45) is 5.92 Å². The van der Waals surface area contributed by atoms with E-state index < -0.39 is 20.7 Å². The van der Waals surface area contributed by atoms with Gasteiger partial charge in [0.15, 0.2) is 5.82 Å². The zero-order valence-corrected chi connectivity index (χ0v) is 21.4. The molecule has 0 fully saturated rings. The standard InChI is InChI=1S/C24H22ClF2N3O4S2/c1-14(31)29-21-4-2-3-17(15-5-7-16(26)8-6-15)18(21)11-34-22-10-20(27)23(9-19(22)25)36(32,33)30-24-12-35-13-28-24/h3,5-10,12-13,18,21,30H,2,4,11H2,1H3,(H,29,31). The summed E-state index contributed by atoms with van der Waals surface area (Å²) in [6.45, 7) is 1.43. The number of hydrogen-bond donors (Lipinski definition) is 2. The highest BCUT2D eigenvalue weighted by Gasteiger charge is 2.31. The number of thiazole rings is 1. The third-order valence-electron chi connectivity index (χ3n) is 5.66. The maximum atomic E-state index is 14.9. The largest absolute Gasteiger partial charge is 0.491 e. The number of carbonyl (C=O) groups excluding carboxylic acids is 1. The molecule has 2 atom stereocenters. The molecule has 12 heteroatoms. The number of halogens is 3. The van der Waals surface area contributed by atoms with Crippen LogP contribution in [0, 0.1) is 17.6 Å². The van der Waals surface area contributed by atoms with Gasteiger partial charge < -0.3 is 10.1 Å². The van der Waals surface area contributed by atoms with Crippen LogP contribution < -0.4 is 14.8 Å². The van der Waals surface area contributed by atoms with Crippen molar-refractivity contribution in [2.75, 3.05) is 11.3 Å². The molecule has 3 aromatic rings. The van der Waals surface area contributed by atoms with Gasteiger partial charge in [-0.25, -0.2) is 22.2 Å². The minimum Gasteiger partial charge on any atom is -0.491 e. The Labute approximate surface area is 216 Å². The zero-order chi connectivity index (χ0) is 25.9. The molecule has 1 heterocycles. The summed E-state index contributed by atoms with van der Waals surface area (Å²) in [5.41, 5.74) is 3.06. The van der Waals surface area contributed by atoms with E-state index in [0.29, 0.717) is 12.8 Å². The topological polar surface area (TPSA) is 97.4 Å². The van der Waals surface area contributed by atoms with Gasteiger partial charge in [-0.05, 0) is 42.2 Å². The zero-order valence-electron chi connectivity index (χ0n) is 19.0. The van der Waals surface area contributed by atoms with Crippen LogP contribution in [-0.4, -0.2) is 32.0 Å². The lowest BCUT2D eigenvalue weighted by Crippen LogP contribution is -2.43. The van der Waals surface area contributed by atoms with Crippen LogP contribution in [0.2, 0.25) is 5.02 Å². The number of carbonyl (C=O) groups is 1. The second-order valence-electron chi connectivity index (χ2n) is 8.16. The maximum Gasteiger partial charge on any atom is 0.266 e. The summed E-state index contributed by atoms with van der Waals surface area (Å²) >= 11 is 7.46. The number of hydrogen-bond acceptors (Lipinski definition) is 6. The van der Waals surface area contributed by atoms with Crippen LogP contribution in [0.25, 0.3) is 5.57 Å². The van der Waals surface area contributed by atoms with Gasteiger partial charge in [-0.15, -0.1) is 11.3 Å². The van der Waals surface area contributed by atoms with E-state index in [1.54, 1.807) is 12.1 Å². The second-order valence-corrected chi connectivity index (χ2v) is 10.9. The molecule has 1 aliphatic rings. The Morgan fingerprint density at radius 2 is 2.00 bits per heavy atom. The molecule has 7 nitrogen and oxygen atoms in total. The summed E-state index contributed by atoms with van der Waals surface area (Å²) in [6.07, 6.45) is 3.35. The highest BCUT2D eigenvalue weighted by molar-refractivity contribution is 7.92. The van der Waals surface area contributed by atoms with Gasteiger partial charge in [0, 0.05) is 30.3 Å². The molecule has 0 radical (unpaired) electrons. The van der Waals surface area contributed by atoms with Gasteiger partial charge in [0.05, 0.1) is 17.1 Å². The molecule has 2 N–H and O–H groups in total. The molecule has 1 aliphatic carbocycles. The van der Waals surface area contributed by atoms with E-state index in [9.17, 15) is 22.0 Å². The summed E-state index contributed by atoms with van der Waals surface area (Å²) in [4.78, 5) is 15.0. The minimum atomic E-state index is -4.27. The summed E-state index contributed by atoms with van der Waals surface area (Å²) in [5, 5.41) is 4.29. The first-order chi connectivity index (χ1) is 17.1. The molecule has 0 aliphatic heterocycles. The molecule has 0 saturated carbocycles. The Morgan fingerprint density at radius 1 is 1.25 bits per heavy atom. The SMILES string of the molecule is CC(=O)NC1CCC=C(c2ccc(F)cc2)C1COc1cc(F)c(S(=O)(=O)Nc2cscn2)cc1Cl. The van der Waals surface area contributed by atoms with Crippen molar-refractivity contribution in [1.29, 1.82) is 0 Å². The molecule has 1 amide bonds. The van der Waals surface area contributed by atoms with Gasteiger partial charge >= 0.3 is 0 Å². The molecule has 1 aromatic heterocycles. The highest BCUT2D eigenvalue weighted by atomic mass is 35.5. The van der Waals surface area contributed by atoms with Crippen LogP contribution in [0.1, 0.15) is 25.3 Å². The lowest BCUT2D eigenvalue weighted by atomic mass is 9.80. The fourth-order valence-corrected chi connectivity index (χ4v) is 5.99. The van der Waals surface area contributed by atoms with Crippen molar-refractivity contribution >= 4 is 50.3 Å². The molecular formula is C24H22ClF2N3O4S2. The summed E-state index contributed by atoms with van der Waals surface area (Å²) in [7, 11) is -4.27. The Balaban J connectivity index is 1.58. The first-order valence-corrected chi connectivity index (χ1v) is 13.7. The molecule has 0 spiro atoms. The number of rotatable bonds is 8. The minimum absolute atomic E-state index is 0.0104. The number of nitrogens with zero attached hydrogens (tertiary/aromatic N) is 1. The molecule has 190 valence electrons. The number of ether oxygens (including phenoxy) is 1. The van der Waals surface area contributed by atoms with Gasteiger partial charge in [-0.3, -0.25) is 9.52 Å². The Morgan fingerprint density at radius 3 is 2.67 bits per heavy atom. The first kappa shape index (κ1) is 26.1. The van der Waals surface area contributed by atoms with Crippen LogP contribution in [0.15, 0.2) is 58.3 Å². The smallest absolute Gasteiger partial charge is 0.266 e. The van der Waals surface area contributed by atoms with E-state index in [-0.39, 0.29) is 46.9 Å². The van der Waals surface area contributed by atoms with Crippen LogP contribution in [0.3, 0.4) is 0 Å². The lowest BCUT2D eigenvalue weighted by molar-refractivity contribution is -0.120. The van der Waals surface area contributed by atoms with Gasteiger partial charge in [0.2, 0.25) is 5.91 Å². The number of anilines is 1. The van der Waals surface area contributed by atoms with Gasteiger partial charge in [-0.2, -0.15) is 0 Å². The quantitative estimate of drug-likeness (QED) is 0.397. The van der Waals surface area contributed by atoms with Crippen molar-refractivity contribution in [3.05, 3.63) is 75.6 Å². The first-order valence-electron chi connectivity index (χ1n) is 10.9. The second kappa shape index (κ2) is 10.9. The average Bonchev–Trinajstić information content (AvgIpc) is 3.32. The number of benzene rings is 2. The molecular weight excluding hydrogens is 532 g/mol. The van der Waals surface area contributed by atoms with E-state index in [1.165, 1.54) is 41.3 Å². The van der Waals surface area contributed by atoms with Crippen LogP contribution in [0.5, 0.6) is 5.75 Å². The number of nitrogens with one attached hydrogen (secondary N) is 2. The number of amides is 1. The molecule has 0 saturated heterocycles. The van der Waals surface area contributed by atoms with E-state index in [2.05, 4.69) is 15.0 Å². The number of aromatic nitrogens is 1. The predicted molar refractivity (Wildman–Crippen MR) is 135 cm³/mol. The lowest BCUT2D eigenvalue weighted by Gasteiger charge is -2.33. The summed E-state index contributed by atoms with van der Waals surface area (Å²) in [5.74, 6) is -1.96. The van der Waals surface area contributed by atoms with Crippen molar-refractivity contribution in [3.8, 4) is 5.75 Å². The maximum absolute atomic E-state index is 14.9. The van der Waals surface area contributed by atoms with Crippen LogP contribution in [-0.2, 0) is 14.8 Å². The Bertz CT molecular complexity index is 1380. The normalized spacial score (nSPS) is 17.8. The van der Waals surface area contributed by atoms with E-state index >= 15 is 0 Å². The van der Waals surface area contributed by atoms with Gasteiger partial charge in [-0.1, -0.05) is 29.8 Å². The Hall–Kier alpha value is -3.02. The Kier molecular flexibility index (Phi) is 7.91.